The van der Waals surface area contributed by atoms with E-state index in [0.717, 1.165) is 16.0 Å². The number of hydrogen-bond donors (Lipinski definition) is 1. The first-order chi connectivity index (χ1) is 17.1. The number of anilines is 1. The third-order valence-electron chi connectivity index (χ3n) is 5.62. The Labute approximate surface area is 205 Å². The van der Waals surface area contributed by atoms with Crippen molar-refractivity contribution < 1.29 is 14.0 Å². The standard InChI is InChI=1S/C26H23N5O3S/c1-18-10-12-19(13-11-18)31(24(32)17-30-22-8-3-2-7-21(22)28-29-30)25(23-9-5-15-35-23)26(33)27-16-20-6-4-14-34-20/h2-15,25H,16-17H2,1H3,(H,27,33)/t25-/m1/s1. The van der Waals surface area contributed by atoms with Gasteiger partial charge in [-0.25, -0.2) is 4.68 Å². The zero-order valence-electron chi connectivity index (χ0n) is 19.0. The lowest BCUT2D eigenvalue weighted by Crippen LogP contribution is -2.44. The summed E-state index contributed by atoms with van der Waals surface area (Å²) in [5.74, 6) is 0.0443. The molecular weight excluding hydrogens is 462 g/mol. The van der Waals surface area contributed by atoms with E-state index in [1.165, 1.54) is 11.3 Å². The molecular formula is C26H23N5O3S. The number of benzene rings is 2. The van der Waals surface area contributed by atoms with E-state index in [1.54, 1.807) is 28.0 Å². The lowest BCUT2D eigenvalue weighted by atomic mass is 10.1. The van der Waals surface area contributed by atoms with Gasteiger partial charge in [-0.1, -0.05) is 41.1 Å². The van der Waals surface area contributed by atoms with Crippen molar-refractivity contribution in [2.75, 3.05) is 4.90 Å². The van der Waals surface area contributed by atoms with Gasteiger partial charge >= 0.3 is 0 Å². The van der Waals surface area contributed by atoms with Crippen LogP contribution in [0.15, 0.2) is 88.9 Å². The number of nitrogens with one attached hydrogen (secondary N) is 1. The van der Waals surface area contributed by atoms with Gasteiger partial charge in [0.15, 0.2) is 0 Å². The summed E-state index contributed by atoms with van der Waals surface area (Å²) >= 11 is 1.42. The van der Waals surface area contributed by atoms with Gasteiger partial charge in [-0.2, -0.15) is 0 Å². The highest BCUT2D eigenvalue weighted by molar-refractivity contribution is 7.10. The molecule has 1 N–H and O–H groups in total. The van der Waals surface area contributed by atoms with Crippen LogP contribution < -0.4 is 10.2 Å². The Balaban J connectivity index is 1.51. The minimum absolute atomic E-state index is 0.0677. The molecule has 8 nitrogen and oxygen atoms in total. The fourth-order valence-electron chi connectivity index (χ4n) is 3.89. The van der Waals surface area contributed by atoms with E-state index in [4.69, 9.17) is 4.42 Å². The van der Waals surface area contributed by atoms with Crippen LogP contribution in [-0.4, -0.2) is 26.8 Å². The third kappa shape index (κ3) is 4.85. The monoisotopic (exact) mass is 485 g/mol. The molecule has 0 bridgehead atoms. The van der Waals surface area contributed by atoms with Crippen LogP contribution in [0.4, 0.5) is 5.69 Å². The average molecular weight is 486 g/mol. The summed E-state index contributed by atoms with van der Waals surface area (Å²) in [4.78, 5) is 29.7. The van der Waals surface area contributed by atoms with E-state index in [9.17, 15) is 9.59 Å². The molecule has 0 radical (unpaired) electrons. The minimum atomic E-state index is -0.866. The Bertz CT molecular complexity index is 1430. The molecule has 5 rings (SSSR count). The second kappa shape index (κ2) is 9.94. The Morgan fingerprint density at radius 2 is 1.89 bits per heavy atom. The van der Waals surface area contributed by atoms with Gasteiger partial charge in [-0.05, 0) is 54.8 Å². The molecule has 5 aromatic rings. The molecule has 2 aromatic carbocycles. The number of hydrogen-bond acceptors (Lipinski definition) is 6. The summed E-state index contributed by atoms with van der Waals surface area (Å²) in [5, 5.41) is 13.1. The van der Waals surface area contributed by atoms with Gasteiger partial charge in [0.05, 0.1) is 18.3 Å². The molecule has 9 heteroatoms. The van der Waals surface area contributed by atoms with Crippen LogP contribution in [0.2, 0.25) is 0 Å². The molecule has 0 saturated carbocycles. The molecule has 0 unspecified atom stereocenters. The highest BCUT2D eigenvalue weighted by atomic mass is 32.1. The Morgan fingerprint density at radius 3 is 2.63 bits per heavy atom. The van der Waals surface area contributed by atoms with E-state index in [-0.39, 0.29) is 24.9 Å². The highest BCUT2D eigenvalue weighted by Crippen LogP contribution is 2.31. The number of aryl methyl sites for hydroxylation is 1. The number of para-hydroxylation sites is 1. The molecule has 2 amide bonds. The maximum atomic E-state index is 13.9. The second-order valence-electron chi connectivity index (χ2n) is 8.05. The summed E-state index contributed by atoms with van der Waals surface area (Å²) in [6, 6.07) is 21.4. The normalized spacial score (nSPS) is 11.9. The Morgan fingerprint density at radius 1 is 1.06 bits per heavy atom. The van der Waals surface area contributed by atoms with E-state index >= 15 is 0 Å². The van der Waals surface area contributed by atoms with Gasteiger partial charge in [-0.15, -0.1) is 16.4 Å². The predicted molar refractivity (Wildman–Crippen MR) is 134 cm³/mol. The average Bonchev–Trinajstić information content (AvgIpc) is 3.65. The van der Waals surface area contributed by atoms with Crippen LogP contribution >= 0.6 is 11.3 Å². The molecule has 0 aliphatic heterocycles. The number of rotatable bonds is 8. The minimum Gasteiger partial charge on any atom is -0.467 e. The van der Waals surface area contributed by atoms with Crippen LogP contribution in [0.1, 0.15) is 22.2 Å². The molecule has 0 spiro atoms. The first kappa shape index (κ1) is 22.5. The third-order valence-corrected chi connectivity index (χ3v) is 6.55. The summed E-state index contributed by atoms with van der Waals surface area (Å²) in [5.41, 5.74) is 3.13. The number of furan rings is 1. The van der Waals surface area contributed by atoms with Gasteiger partial charge in [0, 0.05) is 10.6 Å². The summed E-state index contributed by atoms with van der Waals surface area (Å²) in [7, 11) is 0. The van der Waals surface area contributed by atoms with Gasteiger partial charge in [0.1, 0.15) is 23.9 Å². The van der Waals surface area contributed by atoms with Gasteiger partial charge in [0.2, 0.25) is 11.8 Å². The molecule has 0 aliphatic rings. The van der Waals surface area contributed by atoms with Gasteiger partial charge in [-0.3, -0.25) is 14.5 Å². The number of aromatic nitrogens is 3. The van der Waals surface area contributed by atoms with Crippen LogP contribution in [0, 0.1) is 6.92 Å². The summed E-state index contributed by atoms with van der Waals surface area (Å²) in [6.45, 7) is 2.13. The van der Waals surface area contributed by atoms with Crippen molar-refractivity contribution in [3.05, 3.63) is 101 Å². The summed E-state index contributed by atoms with van der Waals surface area (Å²) < 4.78 is 6.92. The quantitative estimate of drug-likeness (QED) is 0.350. The van der Waals surface area contributed by atoms with E-state index in [0.29, 0.717) is 17.0 Å². The molecule has 3 heterocycles. The lowest BCUT2D eigenvalue weighted by Gasteiger charge is -2.30. The second-order valence-corrected chi connectivity index (χ2v) is 9.03. The molecule has 1 atom stereocenters. The van der Waals surface area contributed by atoms with Crippen LogP contribution in [0.3, 0.4) is 0 Å². The van der Waals surface area contributed by atoms with Gasteiger partial charge in [0.25, 0.3) is 0 Å². The lowest BCUT2D eigenvalue weighted by molar-refractivity contribution is -0.127. The first-order valence-electron chi connectivity index (χ1n) is 11.1. The number of amides is 2. The van der Waals surface area contributed by atoms with Crippen molar-refractivity contribution in [1.82, 2.24) is 20.3 Å². The number of thiophene rings is 1. The maximum Gasteiger partial charge on any atom is 0.249 e. The van der Waals surface area contributed by atoms with Crippen molar-refractivity contribution in [3.8, 4) is 0 Å². The van der Waals surface area contributed by atoms with E-state index in [1.807, 2.05) is 73.0 Å². The maximum absolute atomic E-state index is 13.9. The molecule has 35 heavy (non-hydrogen) atoms. The van der Waals surface area contributed by atoms with E-state index < -0.39 is 6.04 Å². The predicted octanol–water partition coefficient (Wildman–Crippen LogP) is 4.49. The van der Waals surface area contributed by atoms with Crippen molar-refractivity contribution in [1.29, 1.82) is 0 Å². The zero-order chi connectivity index (χ0) is 24.2. The number of carbonyl (C=O) groups excluding carboxylic acids is 2. The van der Waals surface area contributed by atoms with E-state index in [2.05, 4.69) is 15.6 Å². The summed E-state index contributed by atoms with van der Waals surface area (Å²) in [6.07, 6.45) is 1.56. The topological polar surface area (TPSA) is 93.3 Å². The Kier molecular flexibility index (Phi) is 6.40. The molecule has 3 aromatic heterocycles. The number of nitrogens with zero attached hydrogens (tertiary/aromatic N) is 4. The molecule has 176 valence electrons. The molecule has 0 saturated heterocycles. The number of carbonyl (C=O) groups is 2. The SMILES string of the molecule is Cc1ccc(N(C(=O)Cn2nnc3ccccc32)[C@@H](C(=O)NCc2ccco2)c2cccs2)cc1. The van der Waals surface area contributed by atoms with Crippen molar-refractivity contribution in [2.45, 2.75) is 26.1 Å². The largest absolute Gasteiger partial charge is 0.467 e. The fraction of sp³-hybridized carbons (Fsp3) is 0.154. The Hall–Kier alpha value is -4.24. The molecule has 0 aliphatic carbocycles. The zero-order valence-corrected chi connectivity index (χ0v) is 19.8. The highest BCUT2D eigenvalue weighted by Gasteiger charge is 2.34. The van der Waals surface area contributed by atoms with Crippen molar-refractivity contribution in [2.24, 2.45) is 0 Å². The van der Waals surface area contributed by atoms with Crippen molar-refractivity contribution in [3.63, 3.8) is 0 Å². The first-order valence-corrected chi connectivity index (χ1v) is 12.0. The van der Waals surface area contributed by atoms with Crippen LogP contribution in [0.5, 0.6) is 0 Å². The molecule has 0 fully saturated rings. The fourth-order valence-corrected chi connectivity index (χ4v) is 4.70. The van der Waals surface area contributed by atoms with Crippen molar-refractivity contribution >= 4 is 39.9 Å². The van der Waals surface area contributed by atoms with Crippen LogP contribution in [-0.2, 0) is 22.7 Å². The van der Waals surface area contributed by atoms with Crippen LogP contribution in [0.25, 0.3) is 11.0 Å². The smallest absolute Gasteiger partial charge is 0.249 e. The van der Waals surface area contributed by atoms with Gasteiger partial charge < -0.3 is 9.73 Å². The number of fused-ring (bicyclic) bond motifs is 1.